The molecule has 0 atom stereocenters. The van der Waals surface area contributed by atoms with Gasteiger partial charge in [-0.25, -0.2) is 0 Å². The van der Waals surface area contributed by atoms with E-state index in [1.807, 2.05) is 0 Å². The fourth-order valence-electron chi connectivity index (χ4n) is 2.75. The molecule has 0 aliphatic carbocycles. The molecule has 0 saturated heterocycles. The highest BCUT2D eigenvalue weighted by atomic mass is 16.5. The highest BCUT2D eigenvalue weighted by Gasteiger charge is 2.13. The van der Waals surface area contributed by atoms with Crippen LogP contribution < -0.4 is 5.32 Å². The Labute approximate surface area is 127 Å². The molecule has 110 valence electrons. The Morgan fingerprint density at radius 2 is 1.86 bits per heavy atom. The summed E-state index contributed by atoms with van der Waals surface area (Å²) in [4.78, 5) is 0. The van der Waals surface area contributed by atoms with E-state index in [1.165, 1.54) is 33.4 Å². The van der Waals surface area contributed by atoms with Gasteiger partial charge in [0.05, 0.1) is 13.2 Å². The van der Waals surface area contributed by atoms with E-state index in [-0.39, 0.29) is 0 Å². The average molecular weight is 281 g/mol. The Hall–Kier alpha value is -1.64. The first kappa shape index (κ1) is 14.3. The second-order valence-electron chi connectivity index (χ2n) is 6.16. The van der Waals surface area contributed by atoms with E-state index in [0.29, 0.717) is 6.04 Å². The number of hydrogen-bond donors (Lipinski definition) is 1. The largest absolute Gasteiger partial charge is 0.372 e. The summed E-state index contributed by atoms with van der Waals surface area (Å²) in [5, 5.41) is 3.48. The van der Waals surface area contributed by atoms with Gasteiger partial charge in [0.25, 0.3) is 0 Å². The van der Waals surface area contributed by atoms with Gasteiger partial charge in [-0.2, -0.15) is 0 Å². The summed E-state index contributed by atoms with van der Waals surface area (Å²) >= 11 is 0. The second kappa shape index (κ2) is 6.00. The third-order valence-electron chi connectivity index (χ3n) is 4.05. The molecule has 2 nitrogen and oxygen atoms in total. The zero-order valence-corrected chi connectivity index (χ0v) is 13.1. The van der Waals surface area contributed by atoms with Crippen molar-refractivity contribution in [2.45, 2.75) is 46.6 Å². The molecule has 0 aromatic heterocycles. The van der Waals surface area contributed by atoms with E-state index in [4.69, 9.17) is 4.74 Å². The fourth-order valence-corrected chi connectivity index (χ4v) is 2.75. The zero-order chi connectivity index (χ0) is 14.8. The van der Waals surface area contributed by atoms with Crippen LogP contribution in [0.1, 0.15) is 36.1 Å². The van der Waals surface area contributed by atoms with Crippen LogP contribution in [0.25, 0.3) is 11.1 Å². The van der Waals surface area contributed by atoms with Crippen molar-refractivity contribution in [1.29, 1.82) is 0 Å². The minimum Gasteiger partial charge on any atom is -0.372 e. The van der Waals surface area contributed by atoms with Gasteiger partial charge in [-0.1, -0.05) is 38.1 Å². The van der Waals surface area contributed by atoms with Gasteiger partial charge >= 0.3 is 0 Å². The van der Waals surface area contributed by atoms with Crippen LogP contribution in [0.2, 0.25) is 0 Å². The molecule has 1 aliphatic heterocycles. The van der Waals surface area contributed by atoms with Crippen molar-refractivity contribution in [3.8, 4) is 11.1 Å². The molecule has 0 fully saturated rings. The van der Waals surface area contributed by atoms with Crippen LogP contribution in [0.3, 0.4) is 0 Å². The first-order valence-electron chi connectivity index (χ1n) is 7.66. The molecule has 21 heavy (non-hydrogen) atoms. The third-order valence-corrected chi connectivity index (χ3v) is 4.05. The van der Waals surface area contributed by atoms with Crippen molar-refractivity contribution >= 4 is 0 Å². The van der Waals surface area contributed by atoms with E-state index >= 15 is 0 Å². The Morgan fingerprint density at radius 3 is 2.67 bits per heavy atom. The summed E-state index contributed by atoms with van der Waals surface area (Å²) in [6.07, 6.45) is 0. The number of hydrogen-bond acceptors (Lipinski definition) is 2. The maximum absolute atomic E-state index is 5.51. The average Bonchev–Trinajstić information content (AvgIpc) is 2.93. The van der Waals surface area contributed by atoms with Crippen LogP contribution in [-0.2, 0) is 24.5 Å². The SMILES string of the molecule is Cc1ccc(CNC(C)C)cc1-c1ccc2c(c1)COC2. The Morgan fingerprint density at radius 1 is 1.05 bits per heavy atom. The Kier molecular flexibility index (Phi) is 4.09. The molecule has 2 aromatic rings. The minimum atomic E-state index is 0.506. The molecule has 3 rings (SSSR count). The van der Waals surface area contributed by atoms with E-state index in [2.05, 4.69) is 62.5 Å². The van der Waals surface area contributed by atoms with Crippen LogP contribution in [0, 0.1) is 6.92 Å². The lowest BCUT2D eigenvalue weighted by Gasteiger charge is -2.12. The summed E-state index contributed by atoms with van der Waals surface area (Å²) in [5.74, 6) is 0. The number of nitrogens with one attached hydrogen (secondary N) is 1. The highest BCUT2D eigenvalue weighted by molar-refractivity contribution is 5.69. The van der Waals surface area contributed by atoms with Crippen LogP contribution in [0.15, 0.2) is 36.4 Å². The predicted octanol–water partition coefficient (Wildman–Crippen LogP) is 4.19. The lowest BCUT2D eigenvalue weighted by Crippen LogP contribution is -2.21. The van der Waals surface area contributed by atoms with Crippen LogP contribution >= 0.6 is 0 Å². The molecule has 0 radical (unpaired) electrons. The number of fused-ring (bicyclic) bond motifs is 1. The molecule has 0 spiro atoms. The van der Waals surface area contributed by atoms with E-state index in [0.717, 1.165) is 19.8 Å². The minimum absolute atomic E-state index is 0.506. The van der Waals surface area contributed by atoms with Crippen molar-refractivity contribution in [1.82, 2.24) is 5.32 Å². The summed E-state index contributed by atoms with van der Waals surface area (Å²) in [7, 11) is 0. The van der Waals surface area contributed by atoms with Crippen molar-refractivity contribution in [2.75, 3.05) is 0 Å². The van der Waals surface area contributed by atoms with Gasteiger partial charge < -0.3 is 10.1 Å². The van der Waals surface area contributed by atoms with Gasteiger partial charge in [0, 0.05) is 12.6 Å². The van der Waals surface area contributed by atoms with Crippen LogP contribution in [-0.4, -0.2) is 6.04 Å². The molecule has 0 unspecified atom stereocenters. The summed E-state index contributed by atoms with van der Waals surface area (Å²) in [5.41, 5.74) is 7.94. The fraction of sp³-hybridized carbons (Fsp3) is 0.368. The van der Waals surface area contributed by atoms with Gasteiger partial charge in [0.1, 0.15) is 0 Å². The molecular formula is C19H23NO. The van der Waals surface area contributed by atoms with Crippen molar-refractivity contribution in [3.05, 3.63) is 58.7 Å². The van der Waals surface area contributed by atoms with Gasteiger partial charge in [0.15, 0.2) is 0 Å². The Balaban J connectivity index is 1.92. The first-order valence-corrected chi connectivity index (χ1v) is 7.66. The number of ether oxygens (including phenoxy) is 1. The maximum Gasteiger partial charge on any atom is 0.0725 e. The molecule has 1 aliphatic rings. The van der Waals surface area contributed by atoms with Gasteiger partial charge in [-0.05, 0) is 52.4 Å². The lowest BCUT2D eigenvalue weighted by atomic mass is 9.95. The van der Waals surface area contributed by atoms with E-state index in [1.54, 1.807) is 0 Å². The monoisotopic (exact) mass is 281 g/mol. The molecule has 0 saturated carbocycles. The molecule has 2 aromatic carbocycles. The second-order valence-corrected chi connectivity index (χ2v) is 6.16. The van der Waals surface area contributed by atoms with E-state index < -0.39 is 0 Å². The molecule has 1 N–H and O–H groups in total. The van der Waals surface area contributed by atoms with Gasteiger partial charge in [-0.3, -0.25) is 0 Å². The summed E-state index contributed by atoms with van der Waals surface area (Å²) in [6.45, 7) is 8.95. The molecule has 2 heteroatoms. The molecule has 0 amide bonds. The maximum atomic E-state index is 5.51. The smallest absolute Gasteiger partial charge is 0.0725 e. The van der Waals surface area contributed by atoms with Crippen molar-refractivity contribution < 1.29 is 4.74 Å². The third kappa shape index (κ3) is 3.17. The van der Waals surface area contributed by atoms with Crippen molar-refractivity contribution in [2.24, 2.45) is 0 Å². The van der Waals surface area contributed by atoms with Crippen LogP contribution in [0.5, 0.6) is 0 Å². The number of rotatable bonds is 4. The topological polar surface area (TPSA) is 21.3 Å². The molecule has 1 heterocycles. The number of benzene rings is 2. The van der Waals surface area contributed by atoms with Gasteiger partial charge in [-0.15, -0.1) is 0 Å². The zero-order valence-electron chi connectivity index (χ0n) is 13.1. The Bertz CT molecular complexity index is 646. The van der Waals surface area contributed by atoms with E-state index in [9.17, 15) is 0 Å². The van der Waals surface area contributed by atoms with Crippen molar-refractivity contribution in [3.63, 3.8) is 0 Å². The quantitative estimate of drug-likeness (QED) is 0.907. The predicted molar refractivity (Wildman–Crippen MR) is 87.1 cm³/mol. The summed E-state index contributed by atoms with van der Waals surface area (Å²) < 4.78 is 5.51. The van der Waals surface area contributed by atoms with Gasteiger partial charge in [0.2, 0.25) is 0 Å². The highest BCUT2D eigenvalue weighted by Crippen LogP contribution is 2.29. The molecule has 0 bridgehead atoms. The number of aryl methyl sites for hydroxylation is 1. The summed E-state index contributed by atoms with van der Waals surface area (Å²) in [6, 6.07) is 14.0. The first-order chi connectivity index (χ1) is 10.1. The normalized spacial score (nSPS) is 13.7. The molecular weight excluding hydrogens is 258 g/mol. The van der Waals surface area contributed by atoms with Crippen LogP contribution in [0.4, 0.5) is 0 Å². The standard InChI is InChI=1S/C19H23NO/c1-13(2)20-10-15-5-4-14(3)19(8-15)16-6-7-17-11-21-12-18(17)9-16/h4-9,13,20H,10-12H2,1-3H3. The lowest BCUT2D eigenvalue weighted by molar-refractivity contribution is 0.134.